The van der Waals surface area contributed by atoms with Gasteiger partial charge in [0.15, 0.2) is 5.78 Å². The molecule has 6 aliphatic carbocycles. The van der Waals surface area contributed by atoms with E-state index in [-0.39, 0.29) is 23.3 Å². The van der Waals surface area contributed by atoms with E-state index in [1.807, 2.05) is 6.92 Å². The van der Waals surface area contributed by atoms with Crippen molar-refractivity contribution < 1.29 is 14.3 Å². The second-order valence-corrected chi connectivity index (χ2v) is 16.3. The largest absolute Gasteiger partial charge is 0.466 e. The number of halogens is 1. The number of carbonyl (C=O) groups excluding carboxylic acids is 2. The summed E-state index contributed by atoms with van der Waals surface area (Å²) in [5.74, 6) is 4.43. The maximum absolute atomic E-state index is 13.5. The number of rotatable bonds is 7. The Morgan fingerprint density at radius 1 is 1.07 bits per heavy atom. The van der Waals surface area contributed by atoms with E-state index in [9.17, 15) is 9.59 Å². The van der Waals surface area contributed by atoms with Crippen molar-refractivity contribution in [1.29, 1.82) is 0 Å². The number of hydrogen-bond acceptors (Lipinski definition) is 4. The van der Waals surface area contributed by atoms with Gasteiger partial charge >= 0.3 is 5.97 Å². The lowest BCUT2D eigenvalue weighted by Crippen LogP contribution is -2.61. The van der Waals surface area contributed by atoms with Gasteiger partial charge in [0.2, 0.25) is 0 Å². The van der Waals surface area contributed by atoms with Crippen LogP contribution < -0.4 is 5.32 Å². The Morgan fingerprint density at radius 3 is 2.51 bits per heavy atom. The molecule has 3 fully saturated rings. The molecule has 6 rings (SSSR count). The fourth-order valence-electron chi connectivity index (χ4n) is 12.0. The van der Waals surface area contributed by atoms with Crippen LogP contribution in [0.4, 0.5) is 0 Å². The highest BCUT2D eigenvalue weighted by Crippen LogP contribution is 2.70. The molecule has 43 heavy (non-hydrogen) atoms. The van der Waals surface area contributed by atoms with Crippen molar-refractivity contribution in [1.82, 2.24) is 5.32 Å². The van der Waals surface area contributed by atoms with Crippen molar-refractivity contribution >= 4 is 23.4 Å². The summed E-state index contributed by atoms with van der Waals surface area (Å²) in [5.41, 5.74) is 6.21. The Balaban J connectivity index is 1.27. The van der Waals surface area contributed by atoms with Crippen LogP contribution in [0, 0.1) is 52.3 Å². The Bertz CT molecular complexity index is 1230. The minimum absolute atomic E-state index is 0.0220. The third kappa shape index (κ3) is 4.95. The van der Waals surface area contributed by atoms with Gasteiger partial charge in [0.25, 0.3) is 0 Å². The van der Waals surface area contributed by atoms with Gasteiger partial charge in [0, 0.05) is 24.4 Å². The van der Waals surface area contributed by atoms with E-state index >= 15 is 0 Å². The smallest absolute Gasteiger partial charge is 0.309 e. The van der Waals surface area contributed by atoms with Gasteiger partial charge in [-0.15, -0.1) is 11.6 Å². The molecule has 0 aromatic carbocycles. The van der Waals surface area contributed by atoms with E-state index < -0.39 is 0 Å². The fourth-order valence-corrected chi connectivity index (χ4v) is 12.1. The first-order valence-electron chi connectivity index (χ1n) is 17.7. The van der Waals surface area contributed by atoms with E-state index in [1.165, 1.54) is 49.7 Å². The Kier molecular flexibility index (Phi) is 8.64. The van der Waals surface area contributed by atoms with Crippen LogP contribution >= 0.6 is 11.6 Å². The number of ether oxygens (including phenoxy) is 1. The zero-order chi connectivity index (χ0) is 30.7. The van der Waals surface area contributed by atoms with Gasteiger partial charge in [-0.3, -0.25) is 9.59 Å². The molecule has 0 saturated heterocycles. The van der Waals surface area contributed by atoms with Gasteiger partial charge < -0.3 is 10.1 Å². The molecule has 0 bridgehead atoms. The Labute approximate surface area is 265 Å². The SMILES string of the molecule is CCOC(=O)C1CC=C(C2=CCC3(C)C(CCC4(C)C5CCC6(NCCCl)CC(=O)C(C(C)C)=C6C5CCC34)C2C)CC1. The minimum Gasteiger partial charge on any atom is -0.466 e. The van der Waals surface area contributed by atoms with Crippen molar-refractivity contribution in [2.75, 3.05) is 19.0 Å². The van der Waals surface area contributed by atoms with Gasteiger partial charge in [0.1, 0.15) is 0 Å². The van der Waals surface area contributed by atoms with Crippen LogP contribution in [0.3, 0.4) is 0 Å². The van der Waals surface area contributed by atoms with Crippen LogP contribution in [-0.2, 0) is 14.3 Å². The van der Waals surface area contributed by atoms with Gasteiger partial charge in [-0.1, -0.05) is 46.8 Å². The normalized spacial score (nSPS) is 42.5. The molecule has 1 N–H and O–H groups in total. The summed E-state index contributed by atoms with van der Waals surface area (Å²) in [5, 5.41) is 3.84. The van der Waals surface area contributed by atoms with Gasteiger partial charge in [-0.05, 0) is 140 Å². The van der Waals surface area contributed by atoms with E-state index in [0.29, 0.717) is 59.2 Å². The summed E-state index contributed by atoms with van der Waals surface area (Å²) in [4.78, 5) is 25.9. The van der Waals surface area contributed by atoms with E-state index in [0.717, 1.165) is 43.7 Å². The first-order chi connectivity index (χ1) is 20.5. The summed E-state index contributed by atoms with van der Waals surface area (Å²) < 4.78 is 5.32. The zero-order valence-electron chi connectivity index (χ0n) is 27.7. The monoisotopic (exact) mass is 609 g/mol. The van der Waals surface area contributed by atoms with E-state index in [2.05, 4.69) is 52.1 Å². The van der Waals surface area contributed by atoms with Crippen molar-refractivity contribution in [2.45, 2.75) is 118 Å². The van der Waals surface area contributed by atoms with Crippen molar-refractivity contribution in [2.24, 2.45) is 52.3 Å². The first-order valence-corrected chi connectivity index (χ1v) is 18.2. The molecule has 6 aliphatic rings. The highest BCUT2D eigenvalue weighted by atomic mass is 35.5. The van der Waals surface area contributed by atoms with Crippen LogP contribution in [-0.4, -0.2) is 36.3 Å². The molecule has 0 heterocycles. The van der Waals surface area contributed by atoms with Gasteiger partial charge in [0.05, 0.1) is 12.5 Å². The van der Waals surface area contributed by atoms with Crippen LogP contribution in [0.15, 0.2) is 34.4 Å². The number of esters is 1. The average molecular weight is 610 g/mol. The summed E-state index contributed by atoms with van der Waals surface area (Å²) in [6, 6.07) is 0. The second-order valence-electron chi connectivity index (χ2n) is 15.9. The number of ketones is 1. The van der Waals surface area contributed by atoms with Crippen molar-refractivity contribution in [3.8, 4) is 0 Å². The molecule has 9 atom stereocenters. The van der Waals surface area contributed by atoms with Crippen LogP contribution in [0.5, 0.6) is 0 Å². The minimum atomic E-state index is -0.159. The zero-order valence-corrected chi connectivity index (χ0v) is 28.5. The molecule has 3 saturated carbocycles. The van der Waals surface area contributed by atoms with Crippen molar-refractivity contribution in [3.63, 3.8) is 0 Å². The summed E-state index contributed by atoms with van der Waals surface area (Å²) in [7, 11) is 0. The number of allylic oxidation sites excluding steroid dienone is 5. The topological polar surface area (TPSA) is 55.4 Å². The molecular weight excluding hydrogens is 554 g/mol. The summed E-state index contributed by atoms with van der Waals surface area (Å²) in [6.45, 7) is 15.4. The third-order valence-electron chi connectivity index (χ3n) is 13.7. The standard InChI is InChI=1S/C38H56ClNO3/c1-7-43-35(42)26-10-8-25(9-11-26)27-14-17-36(5)29(24(27)4)15-18-37(6)30-16-19-38(40-21-20-39)22-31(41)33(23(2)3)34(38)28(30)12-13-32(36)37/h8,14,23-24,26,28-30,32,40H,7,9-13,15-22H2,1-6H3. The van der Waals surface area contributed by atoms with Gasteiger partial charge in [-0.2, -0.15) is 0 Å². The Morgan fingerprint density at radius 2 is 1.84 bits per heavy atom. The summed E-state index contributed by atoms with van der Waals surface area (Å²) >= 11 is 6.19. The maximum atomic E-state index is 13.5. The first kappa shape index (κ1) is 31.6. The molecule has 0 aromatic heterocycles. The number of carbonyl (C=O) groups is 2. The lowest BCUT2D eigenvalue weighted by atomic mass is 9.38. The highest BCUT2D eigenvalue weighted by Gasteiger charge is 2.64. The number of nitrogens with one attached hydrogen (secondary N) is 1. The summed E-state index contributed by atoms with van der Waals surface area (Å²) in [6.07, 6.45) is 16.9. The molecule has 5 heteroatoms. The lowest BCUT2D eigenvalue weighted by molar-refractivity contribution is -0.148. The average Bonchev–Trinajstić information content (AvgIpc) is 3.28. The van der Waals surface area contributed by atoms with Gasteiger partial charge in [-0.25, -0.2) is 0 Å². The molecule has 0 aliphatic heterocycles. The fraction of sp³-hybridized carbons (Fsp3) is 0.789. The lowest BCUT2D eigenvalue weighted by Gasteiger charge is -2.66. The molecule has 9 unspecified atom stereocenters. The third-order valence-corrected chi connectivity index (χ3v) is 13.9. The number of fused-ring (bicyclic) bond motifs is 7. The second kappa shape index (κ2) is 11.8. The molecule has 238 valence electrons. The molecule has 4 nitrogen and oxygen atoms in total. The van der Waals surface area contributed by atoms with E-state index in [1.54, 1.807) is 5.57 Å². The number of Topliss-reactive ketones (excluding diaryl/α,β-unsaturated/α-hetero) is 1. The highest BCUT2D eigenvalue weighted by molar-refractivity contribution is 6.18. The quantitative estimate of drug-likeness (QED) is 0.232. The molecule has 0 radical (unpaired) electrons. The van der Waals surface area contributed by atoms with Crippen molar-refractivity contribution in [3.05, 3.63) is 34.4 Å². The predicted molar refractivity (Wildman–Crippen MR) is 175 cm³/mol. The molecular formula is C38H56ClNO3. The number of alkyl halides is 1. The van der Waals surface area contributed by atoms with Crippen LogP contribution in [0.1, 0.15) is 112 Å². The molecule has 0 amide bonds. The Hall–Kier alpha value is -1.39. The van der Waals surface area contributed by atoms with Crippen LogP contribution in [0.2, 0.25) is 0 Å². The molecule has 0 aromatic rings. The maximum Gasteiger partial charge on any atom is 0.309 e. The molecule has 0 spiro atoms. The number of hydrogen-bond donors (Lipinski definition) is 1. The van der Waals surface area contributed by atoms with Crippen LogP contribution in [0.25, 0.3) is 0 Å². The predicted octanol–water partition coefficient (Wildman–Crippen LogP) is 8.59. The van der Waals surface area contributed by atoms with E-state index in [4.69, 9.17) is 16.3 Å².